The van der Waals surface area contributed by atoms with E-state index < -0.39 is 0 Å². The minimum absolute atomic E-state index is 0.197. The van der Waals surface area contributed by atoms with Crippen LogP contribution in [0.4, 0.5) is 4.39 Å². The fraction of sp³-hybridized carbons (Fsp3) is 0.562. The number of nitrogens with zero attached hydrogens (tertiary/aromatic N) is 1. The van der Waals surface area contributed by atoms with Gasteiger partial charge in [0.1, 0.15) is 5.82 Å². The molecule has 1 saturated carbocycles. The first kappa shape index (κ1) is 15.8. The van der Waals surface area contributed by atoms with Gasteiger partial charge in [0, 0.05) is 19.0 Å². The number of nitrogens with one attached hydrogen (secondary N) is 2. The van der Waals surface area contributed by atoms with Gasteiger partial charge < -0.3 is 15.7 Å². The molecule has 0 bridgehead atoms. The van der Waals surface area contributed by atoms with E-state index in [1.54, 1.807) is 12.1 Å². The molecule has 1 aromatic carbocycles. The molecule has 1 aliphatic carbocycles. The summed E-state index contributed by atoms with van der Waals surface area (Å²) in [7, 11) is 0. The van der Waals surface area contributed by atoms with Crippen molar-refractivity contribution in [2.75, 3.05) is 13.1 Å². The van der Waals surface area contributed by atoms with Crippen molar-refractivity contribution in [3.05, 3.63) is 35.6 Å². The number of aliphatic hydroxyl groups is 1. The van der Waals surface area contributed by atoms with E-state index in [9.17, 15) is 9.50 Å². The lowest BCUT2D eigenvalue weighted by atomic mass is 10.1. The molecule has 0 radical (unpaired) electrons. The molecule has 0 spiro atoms. The van der Waals surface area contributed by atoms with Crippen LogP contribution in [-0.4, -0.2) is 30.3 Å². The van der Waals surface area contributed by atoms with Gasteiger partial charge >= 0.3 is 0 Å². The molecule has 3 N–H and O–H groups in total. The van der Waals surface area contributed by atoms with Crippen LogP contribution in [0.25, 0.3) is 0 Å². The molecule has 21 heavy (non-hydrogen) atoms. The van der Waals surface area contributed by atoms with E-state index in [1.807, 2.05) is 6.92 Å². The Bertz CT molecular complexity index is 461. The van der Waals surface area contributed by atoms with Crippen LogP contribution < -0.4 is 10.6 Å². The van der Waals surface area contributed by atoms with Gasteiger partial charge in [-0.1, -0.05) is 18.6 Å². The molecule has 2 unspecified atom stereocenters. The molecular weight excluding hydrogens is 269 g/mol. The van der Waals surface area contributed by atoms with Gasteiger partial charge in [-0.2, -0.15) is 0 Å². The van der Waals surface area contributed by atoms with Crippen LogP contribution in [0.5, 0.6) is 0 Å². The molecule has 0 saturated heterocycles. The average molecular weight is 293 g/mol. The number of aliphatic imine (C=N–C) groups is 1. The molecule has 2 atom stereocenters. The van der Waals surface area contributed by atoms with Crippen LogP contribution in [0.15, 0.2) is 29.3 Å². The third kappa shape index (κ3) is 5.01. The van der Waals surface area contributed by atoms with Crippen LogP contribution in [0, 0.1) is 11.7 Å². The average Bonchev–Trinajstić information content (AvgIpc) is 2.89. The van der Waals surface area contributed by atoms with E-state index in [-0.39, 0.29) is 11.9 Å². The first-order valence-corrected chi connectivity index (χ1v) is 7.63. The van der Waals surface area contributed by atoms with Crippen LogP contribution in [0.1, 0.15) is 31.7 Å². The Labute approximate surface area is 125 Å². The highest BCUT2D eigenvalue weighted by molar-refractivity contribution is 5.79. The van der Waals surface area contributed by atoms with E-state index >= 15 is 0 Å². The second kappa shape index (κ2) is 7.98. The predicted octanol–water partition coefficient (Wildman–Crippen LogP) is 2.04. The Morgan fingerprint density at radius 2 is 2.05 bits per heavy atom. The zero-order chi connectivity index (χ0) is 15.1. The maximum absolute atomic E-state index is 12.9. The highest BCUT2D eigenvalue weighted by atomic mass is 19.1. The summed E-state index contributed by atoms with van der Waals surface area (Å²) in [4.78, 5) is 4.49. The van der Waals surface area contributed by atoms with Gasteiger partial charge in [0.25, 0.3) is 0 Å². The monoisotopic (exact) mass is 293 g/mol. The largest absolute Gasteiger partial charge is 0.393 e. The lowest BCUT2D eigenvalue weighted by Gasteiger charge is -2.17. The third-order valence-electron chi connectivity index (χ3n) is 3.83. The summed E-state index contributed by atoms with van der Waals surface area (Å²) < 4.78 is 12.9. The molecule has 5 heteroatoms. The third-order valence-corrected chi connectivity index (χ3v) is 3.83. The summed E-state index contributed by atoms with van der Waals surface area (Å²) in [6.07, 6.45) is 2.86. The Balaban J connectivity index is 1.87. The molecule has 0 heterocycles. The first-order valence-electron chi connectivity index (χ1n) is 7.63. The number of halogens is 1. The second-order valence-corrected chi connectivity index (χ2v) is 5.46. The van der Waals surface area contributed by atoms with Gasteiger partial charge in [0.2, 0.25) is 0 Å². The molecule has 0 aromatic heterocycles. The Morgan fingerprint density at radius 3 is 2.67 bits per heavy atom. The quantitative estimate of drug-likeness (QED) is 0.575. The van der Waals surface area contributed by atoms with E-state index in [2.05, 4.69) is 15.6 Å². The molecule has 0 aliphatic heterocycles. The topological polar surface area (TPSA) is 56.7 Å². The molecule has 1 aromatic rings. The van der Waals surface area contributed by atoms with Gasteiger partial charge in [-0.15, -0.1) is 0 Å². The highest BCUT2D eigenvalue weighted by Gasteiger charge is 2.24. The highest BCUT2D eigenvalue weighted by Crippen LogP contribution is 2.24. The summed E-state index contributed by atoms with van der Waals surface area (Å²) >= 11 is 0. The van der Waals surface area contributed by atoms with Gasteiger partial charge in [0.05, 0.1) is 12.6 Å². The van der Waals surface area contributed by atoms with E-state index in [1.165, 1.54) is 12.1 Å². The maximum atomic E-state index is 12.9. The van der Waals surface area contributed by atoms with Crippen LogP contribution in [-0.2, 0) is 6.54 Å². The minimum atomic E-state index is -0.233. The Hall–Kier alpha value is -1.62. The summed E-state index contributed by atoms with van der Waals surface area (Å²) in [5.74, 6) is 0.809. The molecular formula is C16H24FN3O. The first-order chi connectivity index (χ1) is 10.2. The van der Waals surface area contributed by atoms with Crippen molar-refractivity contribution in [1.82, 2.24) is 10.6 Å². The van der Waals surface area contributed by atoms with Crippen molar-refractivity contribution >= 4 is 5.96 Å². The number of hydrogen-bond donors (Lipinski definition) is 3. The van der Waals surface area contributed by atoms with E-state index in [0.29, 0.717) is 12.5 Å². The van der Waals surface area contributed by atoms with Crippen molar-refractivity contribution in [3.63, 3.8) is 0 Å². The number of hydrogen-bond acceptors (Lipinski definition) is 2. The number of rotatable bonds is 5. The zero-order valence-electron chi connectivity index (χ0n) is 12.5. The molecule has 1 fully saturated rings. The van der Waals surface area contributed by atoms with Gasteiger partial charge in [-0.3, -0.25) is 0 Å². The van der Waals surface area contributed by atoms with E-state index in [0.717, 1.165) is 43.9 Å². The normalized spacial score (nSPS) is 22.3. The van der Waals surface area contributed by atoms with Gasteiger partial charge in [-0.05, 0) is 37.5 Å². The van der Waals surface area contributed by atoms with Crippen molar-refractivity contribution in [2.45, 2.75) is 38.8 Å². The van der Waals surface area contributed by atoms with Gasteiger partial charge in [0.15, 0.2) is 5.96 Å². The van der Waals surface area contributed by atoms with Crippen molar-refractivity contribution < 1.29 is 9.50 Å². The number of benzene rings is 1. The molecule has 4 nitrogen and oxygen atoms in total. The molecule has 1 aliphatic rings. The molecule has 2 rings (SSSR count). The summed E-state index contributed by atoms with van der Waals surface area (Å²) in [5, 5.41) is 16.3. The van der Waals surface area contributed by atoms with Gasteiger partial charge in [-0.25, -0.2) is 9.38 Å². The smallest absolute Gasteiger partial charge is 0.191 e. The van der Waals surface area contributed by atoms with Crippen molar-refractivity contribution in [2.24, 2.45) is 10.9 Å². The minimum Gasteiger partial charge on any atom is -0.393 e. The summed E-state index contributed by atoms with van der Waals surface area (Å²) in [5.41, 5.74) is 0.967. The van der Waals surface area contributed by atoms with Crippen molar-refractivity contribution in [3.8, 4) is 0 Å². The second-order valence-electron chi connectivity index (χ2n) is 5.46. The molecule has 116 valence electrons. The SMILES string of the molecule is CCNC(=NCc1ccc(F)cc1)NCC1CCCC1O. The lowest BCUT2D eigenvalue weighted by molar-refractivity contribution is 0.134. The Morgan fingerprint density at radius 1 is 1.29 bits per heavy atom. The van der Waals surface area contributed by atoms with Crippen LogP contribution >= 0.6 is 0 Å². The summed E-state index contributed by atoms with van der Waals surface area (Å²) in [6, 6.07) is 6.37. The van der Waals surface area contributed by atoms with Crippen molar-refractivity contribution in [1.29, 1.82) is 0 Å². The standard InChI is InChI=1S/C16H24FN3O/c1-2-18-16(20-11-13-4-3-5-15(13)21)19-10-12-6-8-14(17)9-7-12/h6-9,13,15,21H,2-5,10-11H2,1H3,(H2,18,19,20). The molecule has 0 amide bonds. The maximum Gasteiger partial charge on any atom is 0.191 e. The fourth-order valence-corrected chi connectivity index (χ4v) is 2.59. The number of aliphatic hydroxyl groups excluding tert-OH is 1. The number of guanidine groups is 1. The fourth-order valence-electron chi connectivity index (χ4n) is 2.59. The van der Waals surface area contributed by atoms with Crippen LogP contribution in [0.3, 0.4) is 0 Å². The lowest BCUT2D eigenvalue weighted by Crippen LogP contribution is -2.41. The zero-order valence-corrected chi connectivity index (χ0v) is 12.5. The predicted molar refractivity (Wildman–Crippen MR) is 82.6 cm³/mol. The van der Waals surface area contributed by atoms with E-state index in [4.69, 9.17) is 0 Å². The Kier molecular flexibility index (Phi) is 5.99. The summed E-state index contributed by atoms with van der Waals surface area (Å²) in [6.45, 7) is 4.03. The van der Waals surface area contributed by atoms with Crippen LogP contribution in [0.2, 0.25) is 0 Å².